The molecule has 0 spiro atoms. The van der Waals surface area contributed by atoms with Crippen LogP contribution in [0.1, 0.15) is 10.5 Å². The summed E-state index contributed by atoms with van der Waals surface area (Å²) in [4.78, 5) is 14.7. The Labute approximate surface area is 81.7 Å². The van der Waals surface area contributed by atoms with Crippen molar-refractivity contribution in [1.29, 1.82) is 0 Å². The van der Waals surface area contributed by atoms with Gasteiger partial charge in [0.2, 0.25) is 0 Å². The fourth-order valence-corrected chi connectivity index (χ4v) is 1.53. The summed E-state index contributed by atoms with van der Waals surface area (Å²) in [7, 11) is 1.68. The molecule has 0 N–H and O–H groups in total. The molecule has 1 heterocycles. The standard InChI is InChI=1S/C11H10N2O/c1-12-8-13-10(7-14)6-9-4-2-3-5-11(9)13/h2-8H,1H3. The number of aliphatic imine (C=N–C) groups is 1. The first kappa shape index (κ1) is 8.69. The fourth-order valence-electron chi connectivity index (χ4n) is 1.53. The highest BCUT2D eigenvalue weighted by molar-refractivity contribution is 5.94. The molecule has 0 saturated heterocycles. The molecule has 3 heteroatoms. The van der Waals surface area contributed by atoms with Crippen LogP contribution in [-0.4, -0.2) is 24.2 Å². The van der Waals surface area contributed by atoms with Gasteiger partial charge in [-0.15, -0.1) is 0 Å². The Hall–Kier alpha value is -1.90. The summed E-state index contributed by atoms with van der Waals surface area (Å²) >= 11 is 0. The van der Waals surface area contributed by atoms with Crippen molar-refractivity contribution in [2.75, 3.05) is 7.05 Å². The SMILES string of the molecule is CN=Cn1c(C=O)cc2ccccc21. The van der Waals surface area contributed by atoms with E-state index in [9.17, 15) is 4.79 Å². The summed E-state index contributed by atoms with van der Waals surface area (Å²) in [5, 5.41) is 1.05. The lowest BCUT2D eigenvalue weighted by Crippen LogP contribution is -1.99. The van der Waals surface area contributed by atoms with Crippen molar-refractivity contribution in [3.63, 3.8) is 0 Å². The monoisotopic (exact) mass is 186 g/mol. The summed E-state index contributed by atoms with van der Waals surface area (Å²) in [5.74, 6) is 0. The van der Waals surface area contributed by atoms with Crippen LogP contribution in [0, 0.1) is 0 Å². The number of nitrogens with zero attached hydrogens (tertiary/aromatic N) is 2. The Morgan fingerprint density at radius 1 is 1.36 bits per heavy atom. The number of rotatable bonds is 2. The van der Waals surface area contributed by atoms with Crippen LogP contribution in [0.2, 0.25) is 0 Å². The highest BCUT2D eigenvalue weighted by Gasteiger charge is 2.04. The first-order chi connectivity index (χ1) is 6.86. The Bertz CT molecular complexity index is 497. The van der Waals surface area contributed by atoms with Crippen LogP contribution in [0.5, 0.6) is 0 Å². The van der Waals surface area contributed by atoms with E-state index < -0.39 is 0 Å². The van der Waals surface area contributed by atoms with Crippen LogP contribution in [0.15, 0.2) is 35.3 Å². The molecular formula is C11H10N2O. The van der Waals surface area contributed by atoms with Crippen molar-refractivity contribution < 1.29 is 4.79 Å². The van der Waals surface area contributed by atoms with Crippen LogP contribution < -0.4 is 0 Å². The molecule has 1 aromatic heterocycles. The van der Waals surface area contributed by atoms with Gasteiger partial charge in [-0.2, -0.15) is 0 Å². The van der Waals surface area contributed by atoms with Crippen LogP contribution in [0.3, 0.4) is 0 Å². The summed E-state index contributed by atoms with van der Waals surface area (Å²) in [6, 6.07) is 9.68. The second-order valence-electron chi connectivity index (χ2n) is 2.99. The second-order valence-corrected chi connectivity index (χ2v) is 2.99. The highest BCUT2D eigenvalue weighted by Crippen LogP contribution is 2.16. The first-order valence-electron chi connectivity index (χ1n) is 4.34. The van der Waals surface area contributed by atoms with Gasteiger partial charge in [0.05, 0.1) is 17.5 Å². The zero-order valence-electron chi connectivity index (χ0n) is 7.84. The quantitative estimate of drug-likeness (QED) is 0.401. The molecule has 0 saturated carbocycles. The predicted molar refractivity (Wildman–Crippen MR) is 57.1 cm³/mol. The smallest absolute Gasteiger partial charge is 0.166 e. The first-order valence-corrected chi connectivity index (χ1v) is 4.34. The highest BCUT2D eigenvalue weighted by atomic mass is 16.1. The molecule has 0 aliphatic carbocycles. The minimum Gasteiger partial charge on any atom is -0.298 e. The van der Waals surface area contributed by atoms with Crippen LogP contribution in [0.4, 0.5) is 0 Å². The van der Waals surface area contributed by atoms with Crippen molar-refractivity contribution in [2.45, 2.75) is 0 Å². The van der Waals surface area contributed by atoms with E-state index in [1.54, 1.807) is 18.0 Å². The van der Waals surface area contributed by atoms with E-state index in [2.05, 4.69) is 4.99 Å². The van der Waals surface area contributed by atoms with E-state index >= 15 is 0 Å². The number of aldehydes is 1. The lowest BCUT2D eigenvalue weighted by molar-refractivity contribution is 0.111. The van der Waals surface area contributed by atoms with Gasteiger partial charge in [-0.25, -0.2) is 0 Å². The maximum absolute atomic E-state index is 10.8. The van der Waals surface area contributed by atoms with E-state index in [0.29, 0.717) is 5.69 Å². The van der Waals surface area contributed by atoms with Gasteiger partial charge < -0.3 is 0 Å². The van der Waals surface area contributed by atoms with E-state index in [1.165, 1.54) is 0 Å². The van der Waals surface area contributed by atoms with Crippen molar-refractivity contribution >= 4 is 23.5 Å². The molecule has 2 aromatic rings. The molecule has 14 heavy (non-hydrogen) atoms. The summed E-state index contributed by atoms with van der Waals surface area (Å²) < 4.78 is 1.78. The second kappa shape index (κ2) is 3.46. The number of fused-ring (bicyclic) bond motifs is 1. The Balaban J connectivity index is 2.80. The third-order valence-electron chi connectivity index (χ3n) is 2.13. The van der Waals surface area contributed by atoms with Crippen molar-refractivity contribution in [3.8, 4) is 0 Å². The number of carbonyl (C=O) groups is 1. The lowest BCUT2D eigenvalue weighted by atomic mass is 10.2. The number of aromatic nitrogens is 1. The third kappa shape index (κ3) is 1.23. The zero-order chi connectivity index (χ0) is 9.97. The Morgan fingerprint density at radius 3 is 2.86 bits per heavy atom. The van der Waals surface area contributed by atoms with Gasteiger partial charge in [-0.05, 0) is 12.1 Å². The average molecular weight is 186 g/mol. The van der Waals surface area contributed by atoms with E-state index in [0.717, 1.165) is 17.2 Å². The summed E-state index contributed by atoms with van der Waals surface area (Å²) in [6.45, 7) is 0. The molecule has 0 aliphatic rings. The molecular weight excluding hydrogens is 176 g/mol. The fraction of sp³-hybridized carbons (Fsp3) is 0.0909. The van der Waals surface area contributed by atoms with E-state index in [-0.39, 0.29) is 0 Å². The van der Waals surface area contributed by atoms with Crippen LogP contribution in [0.25, 0.3) is 10.9 Å². The zero-order valence-corrected chi connectivity index (χ0v) is 7.84. The van der Waals surface area contributed by atoms with Gasteiger partial charge in [0.15, 0.2) is 6.29 Å². The molecule has 0 radical (unpaired) electrons. The average Bonchev–Trinajstić information content (AvgIpc) is 2.58. The van der Waals surface area contributed by atoms with Crippen LogP contribution in [-0.2, 0) is 0 Å². The maximum Gasteiger partial charge on any atom is 0.166 e. The molecule has 0 aliphatic heterocycles. The molecule has 70 valence electrons. The van der Waals surface area contributed by atoms with Crippen LogP contribution >= 0.6 is 0 Å². The predicted octanol–water partition coefficient (Wildman–Crippen LogP) is 1.96. The maximum atomic E-state index is 10.8. The molecule has 0 unspecified atom stereocenters. The van der Waals surface area contributed by atoms with Crippen molar-refractivity contribution in [2.24, 2.45) is 4.99 Å². The normalized spacial score (nSPS) is 11.2. The Morgan fingerprint density at radius 2 is 2.14 bits per heavy atom. The molecule has 3 nitrogen and oxygen atoms in total. The molecule has 1 aromatic carbocycles. The number of benzene rings is 1. The minimum atomic E-state index is 0.622. The molecule has 0 amide bonds. The summed E-state index contributed by atoms with van der Waals surface area (Å²) in [5.41, 5.74) is 1.62. The minimum absolute atomic E-state index is 0.622. The third-order valence-corrected chi connectivity index (χ3v) is 2.13. The van der Waals surface area contributed by atoms with Gasteiger partial charge >= 0.3 is 0 Å². The van der Waals surface area contributed by atoms with Gasteiger partial charge in [0, 0.05) is 12.4 Å². The summed E-state index contributed by atoms with van der Waals surface area (Å²) in [6.07, 6.45) is 2.48. The van der Waals surface area contributed by atoms with E-state index in [4.69, 9.17) is 0 Å². The molecule has 0 fully saturated rings. The number of hydrogen-bond acceptors (Lipinski definition) is 2. The molecule has 2 rings (SSSR count). The largest absolute Gasteiger partial charge is 0.298 e. The number of para-hydroxylation sites is 1. The number of hydrogen-bond donors (Lipinski definition) is 0. The number of carbonyl (C=O) groups excluding carboxylic acids is 1. The van der Waals surface area contributed by atoms with Gasteiger partial charge in [-0.1, -0.05) is 18.2 Å². The van der Waals surface area contributed by atoms with Gasteiger partial charge in [0.1, 0.15) is 0 Å². The van der Waals surface area contributed by atoms with Crippen molar-refractivity contribution in [3.05, 3.63) is 36.0 Å². The lowest BCUT2D eigenvalue weighted by Gasteiger charge is -1.97. The van der Waals surface area contributed by atoms with Crippen molar-refractivity contribution in [1.82, 2.24) is 4.57 Å². The van der Waals surface area contributed by atoms with E-state index in [1.807, 2.05) is 30.3 Å². The van der Waals surface area contributed by atoms with Gasteiger partial charge in [-0.3, -0.25) is 14.4 Å². The Kier molecular flexibility index (Phi) is 2.14. The topological polar surface area (TPSA) is 34.4 Å². The molecule has 0 bridgehead atoms. The van der Waals surface area contributed by atoms with Gasteiger partial charge in [0.25, 0.3) is 0 Å². The molecule has 0 atom stereocenters.